The number of methoxy groups -OCH3 is 1. The number of nitriles is 2. The molecule has 0 amide bonds. The van der Waals surface area contributed by atoms with Gasteiger partial charge in [-0.2, -0.15) is 10.5 Å². The maximum absolute atomic E-state index is 12.5. The van der Waals surface area contributed by atoms with Crippen LogP contribution in [0.15, 0.2) is 30.3 Å². The molecule has 0 saturated heterocycles. The molecule has 0 bridgehead atoms. The van der Waals surface area contributed by atoms with Gasteiger partial charge in [-0.1, -0.05) is 25.1 Å². The van der Waals surface area contributed by atoms with Crippen molar-refractivity contribution in [3.63, 3.8) is 0 Å². The van der Waals surface area contributed by atoms with Crippen molar-refractivity contribution in [2.75, 3.05) is 7.11 Å². The molecule has 22 heavy (non-hydrogen) atoms. The Morgan fingerprint density at radius 1 is 1.23 bits per heavy atom. The highest BCUT2D eigenvalue weighted by Gasteiger charge is 2.30. The number of benzene rings is 1. The van der Waals surface area contributed by atoms with E-state index in [1.54, 1.807) is 13.2 Å². The number of hydrogen-bond acceptors (Lipinski definition) is 4. The molecule has 0 saturated carbocycles. The van der Waals surface area contributed by atoms with Crippen LogP contribution in [0, 0.1) is 28.1 Å². The van der Waals surface area contributed by atoms with E-state index >= 15 is 0 Å². The first kappa shape index (κ1) is 17.5. The minimum atomic E-state index is -0.677. The predicted octanol–water partition coefficient (Wildman–Crippen LogP) is 3.89. The Morgan fingerprint density at radius 2 is 1.82 bits per heavy atom. The van der Waals surface area contributed by atoms with Gasteiger partial charge >= 0.3 is 0 Å². The normalized spacial score (nSPS) is 10.9. The maximum Gasteiger partial charge on any atom is 0.161 e. The number of ketones is 1. The summed E-state index contributed by atoms with van der Waals surface area (Å²) in [5.74, 6) is 0.631. The van der Waals surface area contributed by atoms with Crippen LogP contribution in [0.4, 0.5) is 0 Å². The lowest BCUT2D eigenvalue weighted by atomic mass is 9.77. The second-order valence-corrected chi connectivity index (χ2v) is 5.32. The molecule has 0 aromatic heterocycles. The summed E-state index contributed by atoms with van der Waals surface area (Å²) in [6.45, 7) is 1.82. The van der Waals surface area contributed by atoms with Gasteiger partial charge in [0, 0.05) is 23.8 Å². The Bertz CT molecular complexity index is 603. The largest absolute Gasteiger partial charge is 0.496 e. The molecule has 0 radical (unpaired) electrons. The smallest absolute Gasteiger partial charge is 0.161 e. The van der Waals surface area contributed by atoms with Crippen LogP contribution in [0.25, 0.3) is 6.08 Å². The van der Waals surface area contributed by atoms with Crippen molar-refractivity contribution in [3.8, 4) is 17.9 Å². The zero-order valence-electron chi connectivity index (χ0n) is 13.0. The molecule has 0 aliphatic carbocycles. The monoisotopic (exact) mass is 296 g/mol. The molecule has 0 atom stereocenters. The van der Waals surface area contributed by atoms with Crippen LogP contribution < -0.4 is 4.74 Å². The number of para-hydroxylation sites is 1. The van der Waals surface area contributed by atoms with Gasteiger partial charge in [-0.3, -0.25) is 4.79 Å². The van der Waals surface area contributed by atoms with Crippen molar-refractivity contribution >= 4 is 11.9 Å². The van der Waals surface area contributed by atoms with Gasteiger partial charge in [-0.25, -0.2) is 0 Å². The van der Waals surface area contributed by atoms with E-state index in [9.17, 15) is 4.79 Å². The molecular formula is C18H20N2O2. The topological polar surface area (TPSA) is 73.9 Å². The van der Waals surface area contributed by atoms with E-state index in [0.29, 0.717) is 31.4 Å². The number of nitrogens with zero attached hydrogens (tertiary/aromatic N) is 2. The molecule has 0 spiro atoms. The van der Waals surface area contributed by atoms with Crippen LogP contribution in [0.5, 0.6) is 5.75 Å². The molecule has 4 nitrogen and oxygen atoms in total. The molecule has 0 heterocycles. The molecular weight excluding hydrogens is 276 g/mol. The lowest BCUT2D eigenvalue weighted by Crippen LogP contribution is -2.26. The van der Waals surface area contributed by atoms with Gasteiger partial charge in [0.15, 0.2) is 5.78 Å². The molecule has 0 N–H and O–H groups in total. The summed E-state index contributed by atoms with van der Waals surface area (Å²) in [5, 5.41) is 17.5. The van der Waals surface area contributed by atoms with E-state index < -0.39 is 5.41 Å². The second-order valence-electron chi connectivity index (χ2n) is 5.32. The summed E-state index contributed by atoms with van der Waals surface area (Å²) >= 11 is 0. The van der Waals surface area contributed by atoms with Crippen LogP contribution in [0.2, 0.25) is 0 Å². The lowest BCUT2D eigenvalue weighted by molar-refractivity contribution is -0.123. The van der Waals surface area contributed by atoms with E-state index in [2.05, 4.69) is 12.1 Å². The van der Waals surface area contributed by atoms with Gasteiger partial charge in [-0.05, 0) is 31.1 Å². The van der Waals surface area contributed by atoms with Gasteiger partial charge < -0.3 is 4.74 Å². The van der Waals surface area contributed by atoms with Crippen LogP contribution in [0.3, 0.4) is 0 Å². The molecule has 0 fully saturated rings. The third-order valence-electron chi connectivity index (χ3n) is 3.73. The number of allylic oxidation sites excluding steroid dienone is 1. The van der Waals surface area contributed by atoms with Crippen LogP contribution in [-0.4, -0.2) is 12.9 Å². The summed E-state index contributed by atoms with van der Waals surface area (Å²) in [7, 11) is 1.58. The number of carbonyl (C=O) groups excluding carboxylic acids is 1. The predicted molar refractivity (Wildman–Crippen MR) is 84.8 cm³/mol. The number of ether oxygens (including phenoxy) is 1. The summed E-state index contributed by atoms with van der Waals surface area (Å²) in [6, 6.07) is 11.6. The number of hydrogen-bond donors (Lipinski definition) is 0. The quantitative estimate of drug-likeness (QED) is 0.682. The van der Waals surface area contributed by atoms with Crippen molar-refractivity contribution in [1.82, 2.24) is 0 Å². The first-order chi connectivity index (χ1) is 10.6. The Hall–Kier alpha value is -2.59. The Kier molecular flexibility index (Phi) is 6.86. The van der Waals surface area contributed by atoms with Gasteiger partial charge in [0.1, 0.15) is 5.75 Å². The zero-order valence-corrected chi connectivity index (χ0v) is 13.0. The fourth-order valence-electron chi connectivity index (χ4n) is 2.21. The molecule has 1 rings (SSSR count). The summed E-state index contributed by atoms with van der Waals surface area (Å²) in [4.78, 5) is 12.5. The van der Waals surface area contributed by atoms with Crippen molar-refractivity contribution in [1.29, 1.82) is 10.5 Å². The third kappa shape index (κ3) is 4.75. The van der Waals surface area contributed by atoms with Crippen LogP contribution >= 0.6 is 0 Å². The summed E-state index contributed by atoms with van der Waals surface area (Å²) in [6.07, 6.45) is 4.76. The maximum atomic E-state index is 12.5. The van der Waals surface area contributed by atoms with Gasteiger partial charge in [-0.15, -0.1) is 0 Å². The SMILES string of the molecule is COc1ccccc1C=CC(=O)C(C)(CCC#N)CCC#N. The van der Waals surface area contributed by atoms with E-state index in [-0.39, 0.29) is 5.78 Å². The first-order valence-electron chi connectivity index (χ1n) is 7.17. The van der Waals surface area contributed by atoms with Gasteiger partial charge in [0.05, 0.1) is 19.2 Å². The average Bonchev–Trinajstić information content (AvgIpc) is 2.56. The van der Waals surface area contributed by atoms with Crippen molar-refractivity contribution in [2.45, 2.75) is 32.6 Å². The van der Waals surface area contributed by atoms with Crippen molar-refractivity contribution in [3.05, 3.63) is 35.9 Å². The van der Waals surface area contributed by atoms with E-state index in [4.69, 9.17) is 15.3 Å². The van der Waals surface area contributed by atoms with Gasteiger partial charge in [0.2, 0.25) is 0 Å². The van der Waals surface area contributed by atoms with Crippen LogP contribution in [0.1, 0.15) is 38.2 Å². The minimum Gasteiger partial charge on any atom is -0.496 e. The highest BCUT2D eigenvalue weighted by atomic mass is 16.5. The molecule has 1 aromatic rings. The fraction of sp³-hybridized carbons (Fsp3) is 0.389. The minimum absolute atomic E-state index is 0.0658. The third-order valence-corrected chi connectivity index (χ3v) is 3.73. The van der Waals surface area contributed by atoms with E-state index in [1.807, 2.05) is 31.2 Å². The van der Waals surface area contributed by atoms with E-state index in [0.717, 1.165) is 5.56 Å². The Labute approximate surface area is 131 Å². The van der Waals surface area contributed by atoms with Crippen LogP contribution in [-0.2, 0) is 4.79 Å². The molecule has 114 valence electrons. The zero-order chi connectivity index (χ0) is 16.4. The van der Waals surface area contributed by atoms with E-state index in [1.165, 1.54) is 6.08 Å². The van der Waals surface area contributed by atoms with Crippen molar-refractivity contribution < 1.29 is 9.53 Å². The molecule has 4 heteroatoms. The first-order valence-corrected chi connectivity index (χ1v) is 7.17. The second kappa shape index (κ2) is 8.64. The number of rotatable bonds is 8. The lowest BCUT2D eigenvalue weighted by Gasteiger charge is -2.24. The number of carbonyl (C=O) groups is 1. The highest BCUT2D eigenvalue weighted by Crippen LogP contribution is 2.31. The average molecular weight is 296 g/mol. The molecule has 0 aliphatic rings. The van der Waals surface area contributed by atoms with Gasteiger partial charge in [0.25, 0.3) is 0 Å². The Morgan fingerprint density at radius 3 is 2.36 bits per heavy atom. The molecule has 0 aliphatic heterocycles. The standard InChI is InChI=1S/C18H20N2O2/c1-18(11-5-13-19,12-6-14-20)17(21)10-9-15-7-3-4-8-16(15)22-2/h3-4,7-10H,5-6,11-12H2,1-2H3. The fourth-order valence-corrected chi connectivity index (χ4v) is 2.21. The Balaban J connectivity index is 2.93. The highest BCUT2D eigenvalue weighted by molar-refractivity contribution is 5.98. The molecule has 0 unspecified atom stereocenters. The summed E-state index contributed by atoms with van der Waals surface area (Å²) < 4.78 is 5.24. The molecule has 1 aromatic carbocycles. The summed E-state index contributed by atoms with van der Waals surface area (Å²) in [5.41, 5.74) is 0.144. The van der Waals surface area contributed by atoms with Crippen molar-refractivity contribution in [2.24, 2.45) is 5.41 Å².